The fourth-order valence-corrected chi connectivity index (χ4v) is 2.89. The van der Waals surface area contributed by atoms with Crippen molar-refractivity contribution in [2.45, 2.75) is 13.5 Å². The van der Waals surface area contributed by atoms with Crippen LogP contribution in [-0.2, 0) is 16.1 Å². The van der Waals surface area contributed by atoms with E-state index in [4.69, 9.17) is 25.5 Å². The van der Waals surface area contributed by atoms with E-state index in [0.29, 0.717) is 34.3 Å². The van der Waals surface area contributed by atoms with Gasteiger partial charge in [0.25, 0.3) is 5.91 Å². The van der Waals surface area contributed by atoms with Crippen molar-refractivity contribution in [3.63, 3.8) is 0 Å². The van der Waals surface area contributed by atoms with Crippen LogP contribution in [0.15, 0.2) is 59.2 Å². The van der Waals surface area contributed by atoms with Crippen LogP contribution in [0.5, 0.6) is 5.75 Å². The average Bonchev–Trinajstić information content (AvgIpc) is 3.27. The van der Waals surface area contributed by atoms with E-state index in [1.54, 1.807) is 48.7 Å². The standard InChI is InChI=1S/C22H21ClN2O5/c1-14-10-19(20(28-2)11-17(14)23)25-21(26)13-30-22(27)16-7-3-4-8-18(16)24-12-15-6-5-9-29-15/h3-11,24H,12-13H2,1-2H3,(H,25,26). The van der Waals surface area contributed by atoms with Gasteiger partial charge in [0.15, 0.2) is 6.61 Å². The summed E-state index contributed by atoms with van der Waals surface area (Å²) in [6.45, 7) is 1.77. The molecule has 3 aromatic rings. The number of halogens is 1. The highest BCUT2D eigenvalue weighted by Gasteiger charge is 2.16. The van der Waals surface area contributed by atoms with Crippen LogP contribution in [0.1, 0.15) is 21.7 Å². The number of carbonyl (C=O) groups excluding carboxylic acids is 2. The molecule has 0 aliphatic carbocycles. The minimum absolute atomic E-state index is 0.316. The van der Waals surface area contributed by atoms with E-state index < -0.39 is 18.5 Å². The summed E-state index contributed by atoms with van der Waals surface area (Å²) in [4.78, 5) is 24.8. The smallest absolute Gasteiger partial charge is 0.340 e. The molecule has 7 nitrogen and oxygen atoms in total. The van der Waals surface area contributed by atoms with Crippen molar-refractivity contribution in [2.24, 2.45) is 0 Å². The van der Waals surface area contributed by atoms with E-state index in [-0.39, 0.29) is 0 Å². The molecule has 156 valence electrons. The van der Waals surface area contributed by atoms with Gasteiger partial charge in [0.2, 0.25) is 0 Å². The zero-order chi connectivity index (χ0) is 21.5. The maximum absolute atomic E-state index is 12.5. The fraction of sp³-hybridized carbons (Fsp3) is 0.182. The SMILES string of the molecule is COc1cc(Cl)c(C)cc1NC(=O)COC(=O)c1ccccc1NCc1ccco1. The minimum Gasteiger partial charge on any atom is -0.495 e. The predicted octanol–water partition coefficient (Wildman–Crippen LogP) is 4.66. The molecule has 1 amide bonds. The van der Waals surface area contributed by atoms with Crippen molar-refractivity contribution >= 4 is 34.9 Å². The first-order chi connectivity index (χ1) is 14.5. The van der Waals surface area contributed by atoms with Gasteiger partial charge >= 0.3 is 5.97 Å². The molecule has 30 heavy (non-hydrogen) atoms. The van der Waals surface area contributed by atoms with E-state index in [1.165, 1.54) is 7.11 Å². The monoisotopic (exact) mass is 428 g/mol. The summed E-state index contributed by atoms with van der Waals surface area (Å²) in [5.74, 6) is 0.0267. The number of hydrogen-bond donors (Lipinski definition) is 2. The van der Waals surface area contributed by atoms with E-state index in [1.807, 2.05) is 13.0 Å². The summed E-state index contributed by atoms with van der Waals surface area (Å²) in [6.07, 6.45) is 1.58. The van der Waals surface area contributed by atoms with Crippen LogP contribution in [0, 0.1) is 6.92 Å². The highest BCUT2D eigenvalue weighted by Crippen LogP contribution is 2.30. The van der Waals surface area contributed by atoms with Gasteiger partial charge in [-0.25, -0.2) is 4.79 Å². The van der Waals surface area contributed by atoms with Crippen molar-refractivity contribution in [1.29, 1.82) is 0 Å². The van der Waals surface area contributed by atoms with Gasteiger partial charge in [-0.05, 0) is 42.8 Å². The quantitative estimate of drug-likeness (QED) is 0.507. The number of benzene rings is 2. The number of furan rings is 1. The zero-order valence-corrected chi connectivity index (χ0v) is 17.3. The number of anilines is 2. The first kappa shape index (κ1) is 21.3. The molecule has 0 saturated heterocycles. The second kappa shape index (κ2) is 9.84. The summed E-state index contributed by atoms with van der Waals surface area (Å²) in [5, 5.41) is 6.32. The van der Waals surface area contributed by atoms with Crippen LogP contribution >= 0.6 is 11.6 Å². The third kappa shape index (κ3) is 5.33. The first-order valence-corrected chi connectivity index (χ1v) is 9.52. The normalized spacial score (nSPS) is 10.4. The molecule has 0 unspecified atom stereocenters. The molecule has 1 heterocycles. The number of esters is 1. The average molecular weight is 429 g/mol. The van der Waals surface area contributed by atoms with E-state index >= 15 is 0 Å². The molecule has 8 heteroatoms. The number of methoxy groups -OCH3 is 1. The number of para-hydroxylation sites is 1. The summed E-state index contributed by atoms with van der Waals surface area (Å²) in [6, 6.07) is 13.8. The van der Waals surface area contributed by atoms with Gasteiger partial charge in [-0.15, -0.1) is 0 Å². The Balaban J connectivity index is 1.60. The van der Waals surface area contributed by atoms with Gasteiger partial charge in [0, 0.05) is 16.8 Å². The first-order valence-electron chi connectivity index (χ1n) is 9.14. The maximum Gasteiger partial charge on any atom is 0.340 e. The molecule has 0 atom stereocenters. The van der Waals surface area contributed by atoms with Gasteiger partial charge in [-0.3, -0.25) is 4.79 Å². The van der Waals surface area contributed by atoms with Crippen molar-refractivity contribution in [3.8, 4) is 5.75 Å². The largest absolute Gasteiger partial charge is 0.495 e. The van der Waals surface area contributed by atoms with Crippen LogP contribution in [0.4, 0.5) is 11.4 Å². The molecular formula is C22H21ClN2O5. The van der Waals surface area contributed by atoms with E-state index in [0.717, 1.165) is 11.3 Å². The third-order valence-corrected chi connectivity index (χ3v) is 4.68. The summed E-state index contributed by atoms with van der Waals surface area (Å²) in [7, 11) is 1.48. The highest BCUT2D eigenvalue weighted by molar-refractivity contribution is 6.31. The zero-order valence-electron chi connectivity index (χ0n) is 16.5. The number of hydrogen-bond acceptors (Lipinski definition) is 6. The van der Waals surface area contributed by atoms with Gasteiger partial charge in [-0.1, -0.05) is 23.7 Å². The van der Waals surface area contributed by atoms with Crippen LogP contribution in [0.25, 0.3) is 0 Å². The molecule has 0 aliphatic rings. The summed E-state index contributed by atoms with van der Waals surface area (Å²) < 4.78 is 15.7. The van der Waals surface area contributed by atoms with Crippen LogP contribution in [0.3, 0.4) is 0 Å². The van der Waals surface area contributed by atoms with Gasteiger partial charge in [0.05, 0.1) is 31.2 Å². The van der Waals surface area contributed by atoms with Crippen LogP contribution in [0.2, 0.25) is 5.02 Å². The Morgan fingerprint density at radius 2 is 1.90 bits per heavy atom. The molecule has 2 N–H and O–H groups in total. The second-order valence-electron chi connectivity index (χ2n) is 6.40. The van der Waals surface area contributed by atoms with Gasteiger partial charge in [0.1, 0.15) is 11.5 Å². The molecule has 2 aromatic carbocycles. The number of aryl methyl sites for hydroxylation is 1. The van der Waals surface area contributed by atoms with Crippen LogP contribution < -0.4 is 15.4 Å². The Hall–Kier alpha value is -3.45. The second-order valence-corrected chi connectivity index (χ2v) is 6.81. The van der Waals surface area contributed by atoms with Gasteiger partial charge in [-0.2, -0.15) is 0 Å². The topological polar surface area (TPSA) is 89.8 Å². The lowest BCUT2D eigenvalue weighted by Gasteiger charge is -2.13. The molecule has 1 aromatic heterocycles. The van der Waals surface area contributed by atoms with Crippen LogP contribution in [-0.4, -0.2) is 25.6 Å². The Bertz CT molecular complexity index is 1030. The predicted molar refractivity (Wildman–Crippen MR) is 114 cm³/mol. The molecular weight excluding hydrogens is 408 g/mol. The lowest BCUT2D eigenvalue weighted by molar-refractivity contribution is -0.119. The molecule has 0 spiro atoms. The molecule has 0 radical (unpaired) electrons. The molecule has 0 aliphatic heterocycles. The number of amides is 1. The summed E-state index contributed by atoms with van der Waals surface area (Å²) >= 11 is 6.07. The number of ether oxygens (including phenoxy) is 2. The number of carbonyl (C=O) groups is 2. The molecule has 3 rings (SSSR count). The van der Waals surface area contributed by atoms with Crippen molar-refractivity contribution in [1.82, 2.24) is 0 Å². The Kier molecular flexibility index (Phi) is 6.98. The fourth-order valence-electron chi connectivity index (χ4n) is 2.74. The minimum atomic E-state index is -0.619. The maximum atomic E-state index is 12.5. The van der Waals surface area contributed by atoms with Crippen molar-refractivity contribution in [2.75, 3.05) is 24.4 Å². The highest BCUT2D eigenvalue weighted by atomic mass is 35.5. The Morgan fingerprint density at radius 3 is 2.63 bits per heavy atom. The number of nitrogens with one attached hydrogen (secondary N) is 2. The van der Waals surface area contributed by atoms with Crippen molar-refractivity contribution in [3.05, 3.63) is 76.7 Å². The molecule has 0 fully saturated rings. The summed E-state index contributed by atoms with van der Waals surface area (Å²) in [5.41, 5.74) is 2.12. The molecule has 0 saturated carbocycles. The Morgan fingerprint density at radius 1 is 1.10 bits per heavy atom. The lowest BCUT2D eigenvalue weighted by atomic mass is 10.2. The lowest BCUT2D eigenvalue weighted by Crippen LogP contribution is -2.21. The third-order valence-electron chi connectivity index (χ3n) is 4.27. The number of rotatable bonds is 8. The van der Waals surface area contributed by atoms with Gasteiger partial charge < -0.3 is 24.5 Å². The van der Waals surface area contributed by atoms with E-state index in [9.17, 15) is 9.59 Å². The Labute approximate surface area is 178 Å². The molecule has 0 bridgehead atoms. The van der Waals surface area contributed by atoms with E-state index in [2.05, 4.69) is 10.6 Å². The van der Waals surface area contributed by atoms with Crippen molar-refractivity contribution < 1.29 is 23.5 Å².